The van der Waals surface area contributed by atoms with Crippen LogP contribution in [0.4, 0.5) is 9.39 Å². The van der Waals surface area contributed by atoms with Gasteiger partial charge in [-0.1, -0.05) is 18.5 Å². The first kappa shape index (κ1) is 19.3. The summed E-state index contributed by atoms with van der Waals surface area (Å²) in [4.78, 5) is 25.2. The molecule has 1 N–H and O–H groups in total. The van der Waals surface area contributed by atoms with E-state index in [4.69, 9.17) is 16.3 Å². The van der Waals surface area contributed by atoms with Crippen molar-refractivity contribution in [1.29, 1.82) is 5.26 Å². The summed E-state index contributed by atoms with van der Waals surface area (Å²) in [6.07, 6.45) is 2.71. The Balaban J connectivity index is 1.66. The molecule has 0 fully saturated rings. The lowest BCUT2D eigenvalue weighted by molar-refractivity contribution is -0.119. The fourth-order valence-corrected chi connectivity index (χ4v) is 4.53. The minimum Gasteiger partial charge on any atom is -0.452 e. The smallest absolute Gasteiger partial charge is 0.341 e. The number of anilines is 1. The van der Waals surface area contributed by atoms with Gasteiger partial charge in [0.15, 0.2) is 6.61 Å². The number of thiophene rings is 1. The average Bonchev–Trinajstić information content (AvgIpc) is 2.97. The van der Waals surface area contributed by atoms with Gasteiger partial charge in [0.05, 0.1) is 11.1 Å². The van der Waals surface area contributed by atoms with Crippen LogP contribution in [0.1, 0.15) is 39.7 Å². The van der Waals surface area contributed by atoms with E-state index in [-0.39, 0.29) is 10.6 Å². The molecule has 27 heavy (non-hydrogen) atoms. The maximum atomic E-state index is 13.7. The van der Waals surface area contributed by atoms with Crippen LogP contribution >= 0.6 is 22.9 Å². The molecule has 2 aromatic rings. The lowest BCUT2D eigenvalue weighted by Gasteiger charge is -2.17. The molecule has 3 rings (SSSR count). The van der Waals surface area contributed by atoms with Crippen LogP contribution in [0, 0.1) is 23.1 Å². The van der Waals surface area contributed by atoms with Gasteiger partial charge in [-0.3, -0.25) is 4.79 Å². The number of nitriles is 1. The molecule has 5 nitrogen and oxygen atoms in total. The molecular formula is C19H16ClFN2O3S. The second kappa shape index (κ2) is 8.07. The molecular weight excluding hydrogens is 391 g/mol. The van der Waals surface area contributed by atoms with Crippen LogP contribution in [-0.2, 0) is 22.4 Å². The molecule has 0 bridgehead atoms. The number of esters is 1. The highest BCUT2D eigenvalue weighted by Gasteiger charge is 2.25. The van der Waals surface area contributed by atoms with Crippen LogP contribution in [0.15, 0.2) is 18.2 Å². The first-order chi connectivity index (χ1) is 12.9. The number of ether oxygens (including phenoxy) is 1. The van der Waals surface area contributed by atoms with E-state index in [2.05, 4.69) is 18.3 Å². The molecule has 0 radical (unpaired) electrons. The molecule has 0 unspecified atom stereocenters. The number of halogens is 2. The summed E-state index contributed by atoms with van der Waals surface area (Å²) in [5.41, 5.74) is 1.13. The number of carbonyl (C=O) groups excluding carboxylic acids is 2. The van der Waals surface area contributed by atoms with Crippen LogP contribution in [0.3, 0.4) is 0 Å². The van der Waals surface area contributed by atoms with Gasteiger partial charge >= 0.3 is 5.97 Å². The SMILES string of the molecule is C[C@H]1CCc2c(sc(NC(=O)COC(=O)c3cc(Cl)ccc3F)c2C#N)C1. The second-order valence-corrected chi connectivity index (χ2v) is 7.96. The molecule has 1 atom stereocenters. The molecule has 140 valence electrons. The molecule has 0 aliphatic heterocycles. The van der Waals surface area contributed by atoms with Crippen LogP contribution in [0.5, 0.6) is 0 Å². The number of rotatable bonds is 4. The summed E-state index contributed by atoms with van der Waals surface area (Å²) < 4.78 is 18.5. The van der Waals surface area contributed by atoms with Gasteiger partial charge < -0.3 is 10.1 Å². The van der Waals surface area contributed by atoms with E-state index in [9.17, 15) is 19.2 Å². The Bertz CT molecular complexity index is 951. The van der Waals surface area contributed by atoms with E-state index in [1.54, 1.807) is 0 Å². The first-order valence-corrected chi connectivity index (χ1v) is 9.55. The number of hydrogen-bond donors (Lipinski definition) is 1. The van der Waals surface area contributed by atoms with Gasteiger partial charge in [0.2, 0.25) is 0 Å². The highest BCUT2D eigenvalue weighted by Crippen LogP contribution is 2.39. The fourth-order valence-electron chi connectivity index (χ4n) is 2.98. The van der Waals surface area contributed by atoms with Crippen molar-refractivity contribution in [3.8, 4) is 6.07 Å². The van der Waals surface area contributed by atoms with Crippen molar-refractivity contribution in [1.82, 2.24) is 0 Å². The average molecular weight is 407 g/mol. The summed E-state index contributed by atoms with van der Waals surface area (Å²) in [6, 6.07) is 5.65. The van der Waals surface area contributed by atoms with E-state index >= 15 is 0 Å². The topological polar surface area (TPSA) is 79.2 Å². The van der Waals surface area contributed by atoms with Crippen molar-refractivity contribution in [2.45, 2.75) is 26.2 Å². The maximum Gasteiger partial charge on any atom is 0.341 e. The monoisotopic (exact) mass is 406 g/mol. The summed E-state index contributed by atoms with van der Waals surface area (Å²) in [7, 11) is 0. The Hall–Kier alpha value is -2.43. The zero-order chi connectivity index (χ0) is 19.6. The molecule has 0 saturated carbocycles. The van der Waals surface area contributed by atoms with E-state index < -0.39 is 24.3 Å². The van der Waals surface area contributed by atoms with Gasteiger partial charge in [0, 0.05) is 9.90 Å². The van der Waals surface area contributed by atoms with E-state index in [0.717, 1.165) is 41.8 Å². The summed E-state index contributed by atoms with van der Waals surface area (Å²) >= 11 is 7.12. The van der Waals surface area contributed by atoms with Crippen molar-refractivity contribution < 1.29 is 18.7 Å². The third kappa shape index (κ3) is 4.29. The number of carbonyl (C=O) groups is 2. The molecule has 1 aliphatic rings. The number of hydrogen-bond acceptors (Lipinski definition) is 5. The number of amides is 1. The van der Waals surface area contributed by atoms with E-state index in [0.29, 0.717) is 16.5 Å². The van der Waals surface area contributed by atoms with Gasteiger partial charge in [-0.05, 0) is 48.9 Å². The second-order valence-electron chi connectivity index (χ2n) is 6.42. The third-order valence-corrected chi connectivity index (χ3v) is 5.76. The van der Waals surface area contributed by atoms with Crippen LogP contribution in [-0.4, -0.2) is 18.5 Å². The molecule has 1 aromatic heterocycles. The number of nitrogens with one attached hydrogen (secondary N) is 1. The Labute approximate surface area is 164 Å². The lowest BCUT2D eigenvalue weighted by Crippen LogP contribution is -2.21. The van der Waals surface area contributed by atoms with Crippen molar-refractivity contribution in [3.63, 3.8) is 0 Å². The minimum absolute atomic E-state index is 0.185. The third-order valence-electron chi connectivity index (χ3n) is 4.36. The highest BCUT2D eigenvalue weighted by atomic mass is 35.5. The molecule has 1 aromatic carbocycles. The van der Waals surface area contributed by atoms with Crippen molar-refractivity contribution >= 4 is 39.8 Å². The molecule has 0 saturated heterocycles. The normalized spacial score (nSPS) is 15.6. The Morgan fingerprint density at radius 1 is 1.48 bits per heavy atom. The van der Waals surface area contributed by atoms with Crippen molar-refractivity contribution in [2.75, 3.05) is 11.9 Å². The molecule has 1 amide bonds. The largest absolute Gasteiger partial charge is 0.452 e. The fraction of sp³-hybridized carbons (Fsp3) is 0.316. The van der Waals surface area contributed by atoms with Gasteiger partial charge in [-0.25, -0.2) is 9.18 Å². The van der Waals surface area contributed by atoms with Crippen LogP contribution in [0.2, 0.25) is 5.02 Å². The van der Waals surface area contributed by atoms with Gasteiger partial charge in [-0.2, -0.15) is 5.26 Å². The lowest BCUT2D eigenvalue weighted by atomic mass is 9.89. The maximum absolute atomic E-state index is 13.7. The predicted molar refractivity (Wildman–Crippen MR) is 101 cm³/mol. The van der Waals surface area contributed by atoms with Gasteiger partial charge in [-0.15, -0.1) is 11.3 Å². The standard InChI is InChI=1S/C19H16ClFN2O3S/c1-10-2-4-12-14(8-22)18(27-16(12)6-10)23-17(24)9-26-19(25)13-7-11(20)3-5-15(13)21/h3,5,7,10H,2,4,6,9H2,1H3,(H,23,24)/t10-/m0/s1. The van der Waals surface area contributed by atoms with E-state index in [1.807, 2.05) is 0 Å². The van der Waals surface area contributed by atoms with Crippen LogP contribution in [0.25, 0.3) is 0 Å². The summed E-state index contributed by atoms with van der Waals surface area (Å²) in [5, 5.41) is 12.7. The summed E-state index contributed by atoms with van der Waals surface area (Å²) in [6.45, 7) is 1.57. The molecule has 1 aliphatic carbocycles. The zero-order valence-electron chi connectivity index (χ0n) is 14.5. The molecule has 8 heteroatoms. The Kier molecular flexibility index (Phi) is 5.78. The number of benzene rings is 1. The highest BCUT2D eigenvalue weighted by molar-refractivity contribution is 7.16. The van der Waals surface area contributed by atoms with Gasteiger partial charge in [0.1, 0.15) is 16.9 Å². The molecule has 1 heterocycles. The minimum atomic E-state index is -0.982. The predicted octanol–water partition coefficient (Wildman–Crippen LogP) is 4.33. The Morgan fingerprint density at radius 2 is 2.26 bits per heavy atom. The molecule has 0 spiro atoms. The summed E-state index contributed by atoms with van der Waals surface area (Å²) in [5.74, 6) is -1.81. The van der Waals surface area contributed by atoms with Crippen LogP contribution < -0.4 is 5.32 Å². The zero-order valence-corrected chi connectivity index (χ0v) is 16.0. The van der Waals surface area contributed by atoms with Gasteiger partial charge in [0.25, 0.3) is 5.91 Å². The number of fused-ring (bicyclic) bond motifs is 1. The first-order valence-electron chi connectivity index (χ1n) is 8.35. The number of nitrogens with zero attached hydrogens (tertiary/aromatic N) is 1. The quantitative estimate of drug-likeness (QED) is 0.766. The van der Waals surface area contributed by atoms with Crippen molar-refractivity contribution in [2.24, 2.45) is 5.92 Å². The van der Waals surface area contributed by atoms with E-state index in [1.165, 1.54) is 17.4 Å². The van der Waals surface area contributed by atoms with Crippen molar-refractivity contribution in [3.05, 3.63) is 50.6 Å². The Morgan fingerprint density at radius 3 is 3.00 bits per heavy atom.